The van der Waals surface area contributed by atoms with Crippen molar-refractivity contribution in [1.29, 1.82) is 0 Å². The van der Waals surface area contributed by atoms with Gasteiger partial charge < -0.3 is 0 Å². The topological polar surface area (TPSA) is 12.9 Å². The zero-order valence-electron chi connectivity index (χ0n) is 8.36. The van der Waals surface area contributed by atoms with E-state index in [-0.39, 0.29) is 0 Å². The fourth-order valence-electron chi connectivity index (χ4n) is 2.23. The molecule has 1 heterocycles. The minimum atomic E-state index is 0.866. The van der Waals surface area contributed by atoms with Crippen LogP contribution in [-0.2, 0) is 12.8 Å². The van der Waals surface area contributed by atoms with Crippen molar-refractivity contribution in [3.05, 3.63) is 37.4 Å². The molecule has 0 saturated carbocycles. The number of fused-ring (bicyclic) bond motifs is 2. The van der Waals surface area contributed by atoms with Crippen molar-refractivity contribution in [3.8, 4) is 0 Å². The number of aryl methyl sites for hydroxylation is 1. The van der Waals surface area contributed by atoms with Gasteiger partial charge in [-0.2, -0.15) is 0 Å². The van der Waals surface area contributed by atoms with Crippen molar-refractivity contribution in [2.75, 3.05) is 0 Å². The summed E-state index contributed by atoms with van der Waals surface area (Å²) in [7, 11) is 0. The third kappa shape index (κ3) is 1.52. The van der Waals surface area contributed by atoms with Gasteiger partial charge in [0.15, 0.2) is 0 Å². The molecule has 0 amide bonds. The molecule has 0 atom stereocenters. The molecule has 0 spiro atoms. The second-order valence-corrected chi connectivity index (χ2v) is 6.04. The third-order valence-electron chi connectivity index (χ3n) is 3.00. The lowest BCUT2D eigenvalue weighted by Gasteiger charge is -2.09. The summed E-state index contributed by atoms with van der Waals surface area (Å²) in [5.41, 5.74) is 3.35. The standard InChI is InChI=1S/C12H8Br2ClN/c13-7-4-5-8(14)12-10(7)11(15)6-2-1-3-9(6)16-12/h4-5H,1-3H2. The Morgan fingerprint density at radius 3 is 2.69 bits per heavy atom. The molecule has 1 aliphatic carbocycles. The van der Waals surface area contributed by atoms with Crippen LogP contribution in [-0.4, -0.2) is 4.98 Å². The van der Waals surface area contributed by atoms with Crippen LogP contribution in [0.3, 0.4) is 0 Å². The number of benzene rings is 1. The van der Waals surface area contributed by atoms with Crippen LogP contribution in [0.5, 0.6) is 0 Å². The first kappa shape index (κ1) is 11.0. The SMILES string of the molecule is Clc1c2c(nc3c(Br)ccc(Br)c13)CCC2. The molecule has 1 aliphatic rings. The molecule has 4 heteroatoms. The van der Waals surface area contributed by atoms with Crippen LogP contribution in [0.15, 0.2) is 21.1 Å². The van der Waals surface area contributed by atoms with Crippen molar-refractivity contribution in [1.82, 2.24) is 4.98 Å². The molecule has 0 radical (unpaired) electrons. The van der Waals surface area contributed by atoms with Crippen LogP contribution < -0.4 is 0 Å². The summed E-state index contributed by atoms with van der Waals surface area (Å²) < 4.78 is 2.01. The van der Waals surface area contributed by atoms with Gasteiger partial charge in [0, 0.05) is 20.0 Å². The highest BCUT2D eigenvalue weighted by Crippen LogP contribution is 2.39. The quantitative estimate of drug-likeness (QED) is 0.650. The predicted molar refractivity (Wildman–Crippen MR) is 74.2 cm³/mol. The van der Waals surface area contributed by atoms with E-state index in [0.717, 1.165) is 49.8 Å². The van der Waals surface area contributed by atoms with E-state index in [2.05, 4.69) is 31.9 Å². The van der Waals surface area contributed by atoms with Gasteiger partial charge in [0.25, 0.3) is 0 Å². The molecule has 0 unspecified atom stereocenters. The van der Waals surface area contributed by atoms with E-state index >= 15 is 0 Å². The van der Waals surface area contributed by atoms with Crippen molar-refractivity contribution in [2.45, 2.75) is 19.3 Å². The van der Waals surface area contributed by atoms with Crippen LogP contribution in [0, 0.1) is 0 Å². The van der Waals surface area contributed by atoms with Crippen LogP contribution in [0.25, 0.3) is 10.9 Å². The molecule has 0 N–H and O–H groups in total. The number of aromatic nitrogens is 1. The average molecular weight is 361 g/mol. The fourth-order valence-corrected chi connectivity index (χ4v) is 3.68. The Bertz CT molecular complexity index is 595. The summed E-state index contributed by atoms with van der Waals surface area (Å²) >= 11 is 13.5. The number of hydrogen-bond donors (Lipinski definition) is 0. The Balaban J connectivity index is 2.50. The minimum absolute atomic E-state index is 0.866. The summed E-state index contributed by atoms with van der Waals surface area (Å²) in [6.45, 7) is 0. The number of pyridine rings is 1. The normalized spacial score (nSPS) is 14.4. The molecule has 0 bridgehead atoms. The maximum atomic E-state index is 6.47. The first-order valence-corrected chi connectivity index (χ1v) is 7.10. The minimum Gasteiger partial charge on any atom is -0.251 e. The van der Waals surface area contributed by atoms with E-state index in [1.165, 1.54) is 5.56 Å². The Kier molecular flexibility index (Phi) is 2.73. The molecule has 1 aromatic carbocycles. The summed E-state index contributed by atoms with van der Waals surface area (Å²) in [6, 6.07) is 4.00. The largest absolute Gasteiger partial charge is 0.251 e. The molecule has 0 fully saturated rings. The summed E-state index contributed by atoms with van der Waals surface area (Å²) in [6.07, 6.45) is 3.26. The van der Waals surface area contributed by atoms with Crippen LogP contribution in [0.1, 0.15) is 17.7 Å². The van der Waals surface area contributed by atoms with E-state index in [4.69, 9.17) is 16.6 Å². The molecule has 16 heavy (non-hydrogen) atoms. The number of rotatable bonds is 0. The second-order valence-electron chi connectivity index (χ2n) is 3.96. The Labute approximate surface area is 115 Å². The highest BCUT2D eigenvalue weighted by Gasteiger charge is 2.20. The van der Waals surface area contributed by atoms with Crippen LogP contribution >= 0.6 is 43.5 Å². The van der Waals surface area contributed by atoms with Gasteiger partial charge in [-0.1, -0.05) is 27.5 Å². The lowest BCUT2D eigenvalue weighted by Crippen LogP contribution is -1.93. The van der Waals surface area contributed by atoms with E-state index in [1.807, 2.05) is 12.1 Å². The first-order chi connectivity index (χ1) is 7.68. The van der Waals surface area contributed by atoms with Gasteiger partial charge in [-0.05, 0) is 52.9 Å². The van der Waals surface area contributed by atoms with Gasteiger partial charge in [0.05, 0.1) is 10.5 Å². The number of hydrogen-bond acceptors (Lipinski definition) is 1. The maximum absolute atomic E-state index is 6.47. The number of halogens is 3. The summed E-state index contributed by atoms with van der Waals surface area (Å²) in [4.78, 5) is 4.72. The van der Waals surface area contributed by atoms with E-state index in [1.54, 1.807) is 0 Å². The van der Waals surface area contributed by atoms with Crippen molar-refractivity contribution < 1.29 is 0 Å². The number of nitrogens with zero attached hydrogens (tertiary/aromatic N) is 1. The Morgan fingerprint density at radius 1 is 1.12 bits per heavy atom. The smallest absolute Gasteiger partial charge is 0.0873 e. The van der Waals surface area contributed by atoms with Crippen molar-refractivity contribution >= 4 is 54.4 Å². The van der Waals surface area contributed by atoms with Gasteiger partial charge in [-0.3, -0.25) is 4.98 Å². The zero-order valence-corrected chi connectivity index (χ0v) is 12.3. The second kappa shape index (κ2) is 3.97. The van der Waals surface area contributed by atoms with E-state index in [0.29, 0.717) is 0 Å². The molecule has 0 aliphatic heterocycles. The monoisotopic (exact) mass is 359 g/mol. The van der Waals surface area contributed by atoms with Gasteiger partial charge >= 0.3 is 0 Å². The molecular formula is C12H8Br2ClN. The van der Waals surface area contributed by atoms with Gasteiger partial charge in [0.1, 0.15) is 0 Å². The highest BCUT2D eigenvalue weighted by molar-refractivity contribution is 9.11. The van der Waals surface area contributed by atoms with Gasteiger partial charge in [0.2, 0.25) is 0 Å². The predicted octanol–water partition coefficient (Wildman–Crippen LogP) is 4.90. The lowest BCUT2D eigenvalue weighted by atomic mass is 10.1. The van der Waals surface area contributed by atoms with E-state index in [9.17, 15) is 0 Å². The van der Waals surface area contributed by atoms with Gasteiger partial charge in [-0.25, -0.2) is 0 Å². The molecular weight excluding hydrogens is 353 g/mol. The Hall–Kier alpha value is -0.120. The molecule has 82 valence electrons. The molecule has 3 rings (SSSR count). The molecule has 1 nitrogen and oxygen atoms in total. The van der Waals surface area contributed by atoms with Gasteiger partial charge in [-0.15, -0.1) is 0 Å². The van der Waals surface area contributed by atoms with Crippen LogP contribution in [0.4, 0.5) is 0 Å². The highest BCUT2D eigenvalue weighted by atomic mass is 79.9. The Morgan fingerprint density at radius 2 is 1.88 bits per heavy atom. The van der Waals surface area contributed by atoms with Crippen molar-refractivity contribution in [2.24, 2.45) is 0 Å². The molecule has 2 aromatic rings. The van der Waals surface area contributed by atoms with E-state index < -0.39 is 0 Å². The molecule has 0 saturated heterocycles. The first-order valence-electron chi connectivity index (χ1n) is 5.13. The van der Waals surface area contributed by atoms with Crippen LogP contribution in [0.2, 0.25) is 5.02 Å². The third-order valence-corrected chi connectivity index (χ3v) is 4.72. The van der Waals surface area contributed by atoms with Crippen molar-refractivity contribution in [3.63, 3.8) is 0 Å². The summed E-state index contributed by atoms with van der Waals surface area (Å²) in [5.74, 6) is 0. The molecule has 1 aromatic heterocycles. The zero-order chi connectivity index (χ0) is 11.3. The fraction of sp³-hybridized carbons (Fsp3) is 0.250. The average Bonchev–Trinajstić information content (AvgIpc) is 2.72. The maximum Gasteiger partial charge on any atom is 0.0873 e. The summed E-state index contributed by atoms with van der Waals surface area (Å²) in [5, 5.41) is 1.89. The lowest BCUT2D eigenvalue weighted by molar-refractivity contribution is 0.901.